The lowest BCUT2D eigenvalue weighted by atomic mass is 10.1. The highest BCUT2D eigenvalue weighted by Crippen LogP contribution is 2.40. The molecule has 0 atom stereocenters. The van der Waals surface area contributed by atoms with E-state index in [0.717, 1.165) is 58.3 Å². The average Bonchev–Trinajstić information content (AvgIpc) is 3.23. The number of pyridine rings is 1. The molecule has 3 heterocycles. The smallest absolute Gasteiger partial charge is 0.256 e. The molecule has 1 N–H and O–H groups in total. The molecule has 0 fully saturated rings. The molecule has 5 rings (SSSR count). The third kappa shape index (κ3) is 2.48. The third-order valence-corrected chi connectivity index (χ3v) is 5.21. The molecule has 2 aromatic carbocycles. The van der Waals surface area contributed by atoms with Crippen molar-refractivity contribution in [1.82, 2.24) is 14.5 Å². The van der Waals surface area contributed by atoms with Crippen molar-refractivity contribution in [3.8, 4) is 11.5 Å². The zero-order valence-electron chi connectivity index (χ0n) is 15.4. The van der Waals surface area contributed by atoms with E-state index in [1.54, 1.807) is 0 Å². The van der Waals surface area contributed by atoms with Gasteiger partial charge in [-0.15, -0.1) is 0 Å². The standard InChI is InChI=1S/C21H21N3O3/c1-23(2)8-5-9-24-16-11-18-17(26-12-27-18)10-15(16)19-20(24)13-6-3-4-7-14(13)21(25)22-19/h3-4,6-7,10-11H,5,8-9,12H2,1-2H3,(H,22,25). The number of aromatic amines is 1. The molecule has 0 unspecified atom stereocenters. The zero-order valence-corrected chi connectivity index (χ0v) is 15.4. The fourth-order valence-electron chi connectivity index (χ4n) is 3.99. The number of rotatable bonds is 4. The normalized spacial score (nSPS) is 13.4. The highest BCUT2D eigenvalue weighted by molar-refractivity contribution is 6.16. The van der Waals surface area contributed by atoms with Crippen molar-refractivity contribution >= 4 is 32.7 Å². The first-order chi connectivity index (χ1) is 13.1. The van der Waals surface area contributed by atoms with E-state index in [1.165, 1.54) is 0 Å². The topological polar surface area (TPSA) is 59.5 Å². The molecule has 6 heteroatoms. The minimum Gasteiger partial charge on any atom is -0.454 e. The first-order valence-corrected chi connectivity index (χ1v) is 9.15. The summed E-state index contributed by atoms with van der Waals surface area (Å²) >= 11 is 0. The summed E-state index contributed by atoms with van der Waals surface area (Å²) in [7, 11) is 4.16. The van der Waals surface area contributed by atoms with E-state index < -0.39 is 0 Å². The Morgan fingerprint density at radius 2 is 1.81 bits per heavy atom. The fourth-order valence-corrected chi connectivity index (χ4v) is 3.99. The van der Waals surface area contributed by atoms with Crippen molar-refractivity contribution in [1.29, 1.82) is 0 Å². The van der Waals surface area contributed by atoms with E-state index >= 15 is 0 Å². The predicted octanol–water partition coefficient (Wildman–Crippen LogP) is 3.32. The molecule has 0 saturated carbocycles. The Hall–Kier alpha value is -2.99. The van der Waals surface area contributed by atoms with Gasteiger partial charge in [-0.05, 0) is 39.2 Å². The molecular weight excluding hydrogens is 342 g/mol. The Kier molecular flexibility index (Phi) is 3.62. The molecule has 4 aromatic rings. The molecule has 0 aliphatic carbocycles. The summed E-state index contributed by atoms with van der Waals surface area (Å²) in [6, 6.07) is 11.8. The van der Waals surface area contributed by atoms with Gasteiger partial charge in [0.05, 0.1) is 16.6 Å². The summed E-state index contributed by atoms with van der Waals surface area (Å²) in [5.41, 5.74) is 2.91. The summed E-state index contributed by atoms with van der Waals surface area (Å²) in [6.07, 6.45) is 1.01. The second-order valence-electron chi connectivity index (χ2n) is 7.25. The van der Waals surface area contributed by atoms with Crippen molar-refractivity contribution in [2.75, 3.05) is 27.4 Å². The minimum atomic E-state index is -0.0666. The molecule has 1 aliphatic heterocycles. The second-order valence-corrected chi connectivity index (χ2v) is 7.25. The molecule has 27 heavy (non-hydrogen) atoms. The highest BCUT2D eigenvalue weighted by atomic mass is 16.7. The molecule has 0 saturated heterocycles. The number of fused-ring (bicyclic) bond motifs is 6. The number of H-pyrrole nitrogens is 1. The van der Waals surface area contributed by atoms with Crippen LogP contribution in [0.4, 0.5) is 0 Å². The average molecular weight is 363 g/mol. The lowest BCUT2D eigenvalue weighted by molar-refractivity contribution is 0.174. The van der Waals surface area contributed by atoms with Gasteiger partial charge in [0, 0.05) is 28.8 Å². The van der Waals surface area contributed by atoms with E-state index in [1.807, 2.05) is 36.4 Å². The van der Waals surface area contributed by atoms with Crippen LogP contribution in [0.2, 0.25) is 0 Å². The van der Waals surface area contributed by atoms with Gasteiger partial charge in [-0.25, -0.2) is 0 Å². The Bertz CT molecular complexity index is 1240. The first-order valence-electron chi connectivity index (χ1n) is 9.15. The number of ether oxygens (including phenoxy) is 2. The molecule has 0 amide bonds. The highest BCUT2D eigenvalue weighted by Gasteiger charge is 2.21. The number of aryl methyl sites for hydroxylation is 1. The quantitative estimate of drug-likeness (QED) is 0.604. The predicted molar refractivity (Wildman–Crippen MR) is 107 cm³/mol. The summed E-state index contributed by atoms with van der Waals surface area (Å²) in [5.74, 6) is 1.48. The van der Waals surface area contributed by atoms with Crippen LogP contribution in [0.25, 0.3) is 32.7 Å². The fraction of sp³-hybridized carbons (Fsp3) is 0.286. The van der Waals surface area contributed by atoms with Gasteiger partial charge in [-0.1, -0.05) is 18.2 Å². The molecule has 1 aliphatic rings. The maximum absolute atomic E-state index is 12.7. The van der Waals surface area contributed by atoms with Crippen LogP contribution >= 0.6 is 0 Å². The SMILES string of the molecule is CN(C)CCCn1c2cc3c(cc2c2[nH]c(=O)c4ccccc4c21)OCO3. The molecule has 2 aromatic heterocycles. The largest absolute Gasteiger partial charge is 0.454 e. The lowest BCUT2D eigenvalue weighted by Crippen LogP contribution is -2.15. The van der Waals surface area contributed by atoms with Gasteiger partial charge in [-0.3, -0.25) is 4.79 Å². The van der Waals surface area contributed by atoms with E-state index in [0.29, 0.717) is 5.39 Å². The molecule has 0 bridgehead atoms. The number of hydrogen-bond donors (Lipinski definition) is 1. The van der Waals surface area contributed by atoms with Gasteiger partial charge in [0.1, 0.15) is 0 Å². The van der Waals surface area contributed by atoms with Crippen LogP contribution in [-0.4, -0.2) is 41.9 Å². The van der Waals surface area contributed by atoms with Gasteiger partial charge < -0.3 is 23.9 Å². The molecular formula is C21H21N3O3. The van der Waals surface area contributed by atoms with Crippen molar-refractivity contribution in [2.24, 2.45) is 0 Å². The van der Waals surface area contributed by atoms with Crippen LogP contribution < -0.4 is 15.0 Å². The Morgan fingerprint density at radius 1 is 1.07 bits per heavy atom. The van der Waals surface area contributed by atoms with Crippen LogP contribution in [0.3, 0.4) is 0 Å². The number of benzene rings is 2. The van der Waals surface area contributed by atoms with Crippen LogP contribution in [0.1, 0.15) is 6.42 Å². The number of nitrogens with one attached hydrogen (secondary N) is 1. The molecule has 6 nitrogen and oxygen atoms in total. The van der Waals surface area contributed by atoms with Gasteiger partial charge in [0.2, 0.25) is 6.79 Å². The van der Waals surface area contributed by atoms with E-state index in [9.17, 15) is 4.79 Å². The molecule has 0 radical (unpaired) electrons. The maximum atomic E-state index is 12.7. The van der Waals surface area contributed by atoms with E-state index in [2.05, 4.69) is 28.5 Å². The summed E-state index contributed by atoms with van der Waals surface area (Å²) < 4.78 is 13.5. The minimum absolute atomic E-state index is 0.0666. The summed E-state index contributed by atoms with van der Waals surface area (Å²) in [5, 5.41) is 2.67. The maximum Gasteiger partial charge on any atom is 0.256 e. The van der Waals surface area contributed by atoms with Crippen LogP contribution in [0, 0.1) is 0 Å². The Balaban J connectivity index is 1.86. The van der Waals surface area contributed by atoms with Crippen molar-refractivity contribution < 1.29 is 9.47 Å². The van der Waals surface area contributed by atoms with Gasteiger partial charge in [0.25, 0.3) is 5.56 Å². The van der Waals surface area contributed by atoms with Crippen LogP contribution in [-0.2, 0) is 6.54 Å². The second kappa shape index (κ2) is 6.03. The van der Waals surface area contributed by atoms with Gasteiger partial charge in [-0.2, -0.15) is 0 Å². The van der Waals surface area contributed by atoms with E-state index in [4.69, 9.17) is 9.47 Å². The van der Waals surface area contributed by atoms with Crippen molar-refractivity contribution in [3.05, 3.63) is 46.8 Å². The van der Waals surface area contributed by atoms with Crippen LogP contribution in [0.5, 0.6) is 11.5 Å². The number of aromatic nitrogens is 2. The van der Waals surface area contributed by atoms with Gasteiger partial charge >= 0.3 is 0 Å². The monoisotopic (exact) mass is 363 g/mol. The van der Waals surface area contributed by atoms with Crippen LogP contribution in [0.15, 0.2) is 41.2 Å². The number of hydrogen-bond acceptors (Lipinski definition) is 4. The van der Waals surface area contributed by atoms with Crippen molar-refractivity contribution in [3.63, 3.8) is 0 Å². The van der Waals surface area contributed by atoms with E-state index in [-0.39, 0.29) is 12.4 Å². The first kappa shape index (κ1) is 16.2. The lowest BCUT2D eigenvalue weighted by Gasteiger charge is -2.12. The Labute approximate surface area is 155 Å². The van der Waals surface area contributed by atoms with Crippen molar-refractivity contribution in [2.45, 2.75) is 13.0 Å². The van der Waals surface area contributed by atoms with Gasteiger partial charge in [0.15, 0.2) is 11.5 Å². The zero-order chi connectivity index (χ0) is 18.5. The third-order valence-electron chi connectivity index (χ3n) is 5.21. The number of nitrogens with zero attached hydrogens (tertiary/aromatic N) is 2. The summed E-state index contributed by atoms with van der Waals surface area (Å²) in [4.78, 5) is 17.9. The molecule has 138 valence electrons. The summed E-state index contributed by atoms with van der Waals surface area (Å²) in [6.45, 7) is 2.08. The Morgan fingerprint density at radius 3 is 2.59 bits per heavy atom. The molecule has 0 spiro atoms.